The van der Waals surface area contributed by atoms with Gasteiger partial charge in [-0.25, -0.2) is 0 Å². The van der Waals surface area contributed by atoms with Gasteiger partial charge in [0.25, 0.3) is 11.6 Å². The molecule has 2 aromatic carbocycles. The molecule has 0 radical (unpaired) electrons. The van der Waals surface area contributed by atoms with Crippen molar-refractivity contribution in [2.24, 2.45) is 17.6 Å². The number of benzene rings is 2. The third-order valence-corrected chi connectivity index (χ3v) is 8.02. The lowest BCUT2D eigenvalue weighted by atomic mass is 9.57. The summed E-state index contributed by atoms with van der Waals surface area (Å²) in [4.78, 5) is 51.0. The molecule has 210 valence electrons. The standard InChI is InChI=1S/C29H25N3O9/c1-31(2)23-18-12-15-11-17-14(6-3-13-4-8-16(9-5-13)32(40)41)7-10-19(33)21(17)24(34)20(15)26(36)29(18,39)27(37)22(25(23)35)28(30)38/h4-5,7-10,15,18,23,33-34,37,39H,11-12H2,1-2H3,(H2,30,38). The van der Waals surface area contributed by atoms with Crippen LogP contribution in [0.15, 0.2) is 53.3 Å². The van der Waals surface area contributed by atoms with Crippen LogP contribution in [0.25, 0.3) is 5.76 Å². The first-order valence-electron chi connectivity index (χ1n) is 12.5. The van der Waals surface area contributed by atoms with E-state index in [1.54, 1.807) is 0 Å². The third kappa shape index (κ3) is 4.05. The van der Waals surface area contributed by atoms with Crippen molar-refractivity contribution in [1.29, 1.82) is 0 Å². The molecular weight excluding hydrogens is 534 g/mol. The summed E-state index contributed by atoms with van der Waals surface area (Å²) in [5.41, 5.74) is 2.63. The van der Waals surface area contributed by atoms with Crippen LogP contribution in [0.5, 0.6) is 5.75 Å². The van der Waals surface area contributed by atoms with E-state index < -0.39 is 63.0 Å². The van der Waals surface area contributed by atoms with Crippen LogP contribution in [0.3, 0.4) is 0 Å². The number of ketones is 2. The number of non-ortho nitro benzene ring substituents is 1. The van der Waals surface area contributed by atoms with E-state index in [9.17, 15) is 44.9 Å². The van der Waals surface area contributed by atoms with Gasteiger partial charge in [0, 0.05) is 34.8 Å². The van der Waals surface area contributed by atoms with Crippen molar-refractivity contribution in [2.75, 3.05) is 14.1 Å². The minimum Gasteiger partial charge on any atom is -0.508 e. The van der Waals surface area contributed by atoms with Gasteiger partial charge in [0.2, 0.25) is 5.78 Å². The number of rotatable bonds is 3. The van der Waals surface area contributed by atoms with E-state index in [4.69, 9.17) is 5.73 Å². The number of aromatic hydroxyl groups is 1. The molecule has 3 aliphatic carbocycles. The molecule has 0 aliphatic heterocycles. The summed E-state index contributed by atoms with van der Waals surface area (Å²) in [5.74, 6) is -1.42. The van der Waals surface area contributed by atoms with E-state index in [1.165, 1.54) is 55.4 Å². The van der Waals surface area contributed by atoms with E-state index in [1.807, 2.05) is 0 Å². The minimum atomic E-state index is -2.71. The van der Waals surface area contributed by atoms with Gasteiger partial charge in [-0.1, -0.05) is 11.8 Å². The lowest BCUT2D eigenvalue weighted by Gasteiger charge is -2.50. The molecule has 0 aromatic heterocycles. The maximum atomic E-state index is 13.9. The zero-order valence-corrected chi connectivity index (χ0v) is 21.9. The number of aliphatic hydroxyl groups excluding tert-OH is 2. The Morgan fingerprint density at radius 3 is 2.34 bits per heavy atom. The summed E-state index contributed by atoms with van der Waals surface area (Å²) in [6.45, 7) is 0. The van der Waals surface area contributed by atoms with Crippen molar-refractivity contribution in [3.05, 3.63) is 85.7 Å². The highest BCUT2D eigenvalue weighted by Crippen LogP contribution is 2.52. The zero-order valence-electron chi connectivity index (χ0n) is 21.9. The van der Waals surface area contributed by atoms with Crippen LogP contribution in [-0.2, 0) is 20.8 Å². The molecule has 2 aromatic rings. The second-order valence-corrected chi connectivity index (χ2v) is 10.5. The molecule has 5 rings (SSSR count). The Balaban J connectivity index is 1.64. The molecule has 1 fully saturated rings. The monoisotopic (exact) mass is 559 g/mol. The molecule has 0 spiro atoms. The van der Waals surface area contributed by atoms with Crippen molar-refractivity contribution < 1.29 is 39.7 Å². The summed E-state index contributed by atoms with van der Waals surface area (Å²) >= 11 is 0. The molecule has 0 heterocycles. The van der Waals surface area contributed by atoms with E-state index in [0.29, 0.717) is 16.7 Å². The fraction of sp³-hybridized carbons (Fsp3) is 0.276. The number of phenolic OH excluding ortho intramolecular Hbond substituents is 1. The number of Topliss-reactive ketones (excluding diaryl/α,β-unsaturated/α-hetero) is 2. The average Bonchev–Trinajstić information content (AvgIpc) is 2.90. The van der Waals surface area contributed by atoms with Crippen LogP contribution in [0.1, 0.15) is 28.7 Å². The highest BCUT2D eigenvalue weighted by Gasteiger charge is 2.64. The van der Waals surface area contributed by atoms with Gasteiger partial charge in [0.1, 0.15) is 22.8 Å². The van der Waals surface area contributed by atoms with Gasteiger partial charge in [-0.15, -0.1) is 0 Å². The zero-order chi connectivity index (χ0) is 30.0. The molecule has 4 atom stereocenters. The van der Waals surface area contributed by atoms with Crippen molar-refractivity contribution in [3.8, 4) is 17.6 Å². The molecule has 41 heavy (non-hydrogen) atoms. The first-order chi connectivity index (χ1) is 19.3. The Hall–Kier alpha value is -4.99. The lowest BCUT2D eigenvalue weighted by molar-refractivity contribution is -0.384. The number of primary amides is 1. The summed E-state index contributed by atoms with van der Waals surface area (Å²) in [5, 5.41) is 55.4. The van der Waals surface area contributed by atoms with E-state index >= 15 is 0 Å². The first kappa shape index (κ1) is 27.6. The molecule has 3 aliphatic rings. The highest BCUT2D eigenvalue weighted by atomic mass is 16.6. The lowest BCUT2D eigenvalue weighted by Crippen LogP contribution is -2.65. The number of carbonyl (C=O) groups is 3. The largest absolute Gasteiger partial charge is 0.508 e. The summed E-state index contributed by atoms with van der Waals surface area (Å²) < 4.78 is 0. The Morgan fingerprint density at radius 2 is 1.76 bits per heavy atom. The van der Waals surface area contributed by atoms with Gasteiger partial charge < -0.3 is 26.2 Å². The average molecular weight is 560 g/mol. The van der Waals surface area contributed by atoms with Gasteiger partial charge in [0.05, 0.1) is 16.5 Å². The number of nitro groups is 1. The number of hydrogen-bond donors (Lipinski definition) is 5. The smallest absolute Gasteiger partial charge is 0.269 e. The van der Waals surface area contributed by atoms with Crippen LogP contribution >= 0.6 is 0 Å². The van der Waals surface area contributed by atoms with Crippen LogP contribution in [0, 0.1) is 33.8 Å². The second-order valence-electron chi connectivity index (χ2n) is 10.5. The predicted octanol–water partition coefficient (Wildman–Crippen LogP) is 1.27. The number of fused-ring (bicyclic) bond motifs is 3. The number of amides is 1. The van der Waals surface area contributed by atoms with E-state index in [-0.39, 0.29) is 35.4 Å². The number of hydrogen-bond acceptors (Lipinski definition) is 10. The van der Waals surface area contributed by atoms with Crippen LogP contribution in [0.4, 0.5) is 5.69 Å². The van der Waals surface area contributed by atoms with Crippen molar-refractivity contribution in [2.45, 2.75) is 24.5 Å². The number of phenols is 1. The van der Waals surface area contributed by atoms with E-state index in [2.05, 4.69) is 11.8 Å². The molecule has 0 bridgehead atoms. The number of nitrogens with two attached hydrogens (primary N) is 1. The Morgan fingerprint density at radius 1 is 1.10 bits per heavy atom. The summed E-state index contributed by atoms with van der Waals surface area (Å²) in [6.07, 6.45) is 0.0455. The highest BCUT2D eigenvalue weighted by molar-refractivity contribution is 6.24. The molecule has 1 saturated carbocycles. The van der Waals surface area contributed by atoms with Crippen LogP contribution < -0.4 is 5.73 Å². The van der Waals surface area contributed by atoms with Crippen molar-refractivity contribution >= 4 is 28.9 Å². The topological polar surface area (TPSA) is 205 Å². The number of likely N-dealkylation sites (N-methyl/N-ethyl adjacent to an activating group) is 1. The molecular formula is C29H25N3O9. The quantitative estimate of drug-likeness (QED) is 0.158. The van der Waals surface area contributed by atoms with Crippen LogP contribution in [-0.4, -0.2) is 73.5 Å². The third-order valence-electron chi connectivity index (χ3n) is 8.02. The van der Waals surface area contributed by atoms with Crippen LogP contribution in [0.2, 0.25) is 0 Å². The van der Waals surface area contributed by atoms with E-state index in [0.717, 1.165) is 0 Å². The van der Waals surface area contributed by atoms with Gasteiger partial charge >= 0.3 is 0 Å². The SMILES string of the molecule is CN(C)C1C(=O)C(C(N)=O)=C(O)C2(O)C(=O)C3=C(O)c4c(O)ccc(C#Cc5ccc([N+](=O)[O-])cc5)c4CC3CC12. The van der Waals surface area contributed by atoms with Crippen molar-refractivity contribution in [1.82, 2.24) is 4.90 Å². The molecule has 4 unspecified atom stereocenters. The summed E-state index contributed by atoms with van der Waals surface area (Å²) in [6, 6.07) is 7.22. The first-order valence-corrected chi connectivity index (χ1v) is 12.5. The second kappa shape index (κ2) is 9.58. The minimum absolute atomic E-state index is 0.0450. The van der Waals surface area contributed by atoms with Gasteiger partial charge in [-0.05, 0) is 62.7 Å². The fourth-order valence-electron chi connectivity index (χ4n) is 6.17. The summed E-state index contributed by atoms with van der Waals surface area (Å²) in [7, 11) is 3.05. The molecule has 12 nitrogen and oxygen atoms in total. The number of nitro benzene ring substituents is 1. The Kier molecular flexibility index (Phi) is 6.44. The maximum Gasteiger partial charge on any atom is 0.269 e. The molecule has 0 saturated heterocycles. The molecule has 12 heteroatoms. The van der Waals surface area contributed by atoms with Gasteiger partial charge in [-0.2, -0.15) is 0 Å². The van der Waals surface area contributed by atoms with Crippen molar-refractivity contribution in [3.63, 3.8) is 0 Å². The Labute approximate surface area is 233 Å². The Bertz CT molecular complexity index is 1680. The number of aliphatic hydroxyl groups is 3. The molecule has 6 N–H and O–H groups in total. The predicted molar refractivity (Wildman–Crippen MR) is 143 cm³/mol. The fourth-order valence-corrected chi connectivity index (χ4v) is 6.17. The maximum absolute atomic E-state index is 13.9. The normalized spacial score (nSPS) is 25.2. The van der Waals surface area contributed by atoms with Gasteiger partial charge in [-0.3, -0.25) is 29.4 Å². The van der Waals surface area contributed by atoms with Gasteiger partial charge in [0.15, 0.2) is 11.4 Å². The number of nitrogens with zero attached hydrogens (tertiary/aromatic N) is 2. The number of carbonyl (C=O) groups excluding carboxylic acids is 3. The molecule has 1 amide bonds.